The number of hydrogen-bond donors (Lipinski definition) is 1. The number of hydrogen-bond acceptors (Lipinski definition) is 4. The van der Waals surface area contributed by atoms with Crippen molar-refractivity contribution < 1.29 is 18.7 Å². The van der Waals surface area contributed by atoms with Crippen molar-refractivity contribution in [3.8, 4) is 11.6 Å². The van der Waals surface area contributed by atoms with Crippen LogP contribution in [0.15, 0.2) is 36.5 Å². The van der Waals surface area contributed by atoms with Gasteiger partial charge in [0.05, 0.1) is 24.5 Å². The highest BCUT2D eigenvalue weighted by atomic mass is 19.1. The Morgan fingerprint density at radius 3 is 2.59 bits per heavy atom. The van der Waals surface area contributed by atoms with Crippen molar-refractivity contribution in [3.63, 3.8) is 0 Å². The predicted octanol–water partition coefficient (Wildman–Crippen LogP) is 3.27. The number of benzene rings is 1. The summed E-state index contributed by atoms with van der Waals surface area (Å²) in [5, 5.41) is 2.68. The van der Waals surface area contributed by atoms with E-state index in [4.69, 9.17) is 9.47 Å². The summed E-state index contributed by atoms with van der Waals surface area (Å²) in [6.45, 7) is 4.52. The highest BCUT2D eigenvalue weighted by molar-refractivity contribution is 6.04. The number of halogens is 1. The zero-order chi connectivity index (χ0) is 15.9. The standard InChI is InChI=1S/C16H17FN2O3/c1-3-21-14-9-12(17)6-7-13(14)19-16(20)11-5-8-15(18-10-11)22-4-2/h5-10H,3-4H2,1-2H3,(H,19,20). The maximum atomic E-state index is 13.2. The van der Waals surface area contributed by atoms with Crippen molar-refractivity contribution in [2.45, 2.75) is 13.8 Å². The molecule has 0 atom stereocenters. The molecule has 2 rings (SSSR count). The van der Waals surface area contributed by atoms with Gasteiger partial charge in [-0.05, 0) is 32.0 Å². The molecular formula is C16H17FN2O3. The second-order valence-corrected chi connectivity index (χ2v) is 4.35. The van der Waals surface area contributed by atoms with Crippen LogP contribution in [0.4, 0.5) is 10.1 Å². The van der Waals surface area contributed by atoms with Gasteiger partial charge in [0.25, 0.3) is 5.91 Å². The summed E-state index contributed by atoms with van der Waals surface area (Å²) >= 11 is 0. The fraction of sp³-hybridized carbons (Fsp3) is 0.250. The Morgan fingerprint density at radius 1 is 1.18 bits per heavy atom. The van der Waals surface area contributed by atoms with E-state index in [1.807, 2.05) is 6.92 Å². The predicted molar refractivity (Wildman–Crippen MR) is 80.9 cm³/mol. The van der Waals surface area contributed by atoms with E-state index in [0.29, 0.717) is 30.3 Å². The molecule has 1 heterocycles. The summed E-state index contributed by atoms with van der Waals surface area (Å²) in [7, 11) is 0. The van der Waals surface area contributed by atoms with Crippen molar-refractivity contribution in [3.05, 3.63) is 47.9 Å². The van der Waals surface area contributed by atoms with Crippen LogP contribution >= 0.6 is 0 Å². The van der Waals surface area contributed by atoms with Gasteiger partial charge in [0, 0.05) is 18.3 Å². The van der Waals surface area contributed by atoms with Gasteiger partial charge in [-0.15, -0.1) is 0 Å². The molecule has 0 unspecified atom stereocenters. The summed E-state index contributed by atoms with van der Waals surface area (Å²) in [4.78, 5) is 16.2. The molecular weight excluding hydrogens is 287 g/mol. The Balaban J connectivity index is 2.14. The number of carbonyl (C=O) groups is 1. The molecule has 116 valence electrons. The molecule has 0 spiro atoms. The Bertz CT molecular complexity index is 644. The van der Waals surface area contributed by atoms with Gasteiger partial charge in [-0.1, -0.05) is 0 Å². The van der Waals surface area contributed by atoms with Crippen molar-refractivity contribution >= 4 is 11.6 Å². The zero-order valence-electron chi connectivity index (χ0n) is 12.4. The third kappa shape index (κ3) is 3.94. The summed E-state index contributed by atoms with van der Waals surface area (Å²) in [5.41, 5.74) is 0.775. The molecule has 0 radical (unpaired) electrons. The molecule has 0 fully saturated rings. The number of carbonyl (C=O) groups excluding carboxylic acids is 1. The fourth-order valence-corrected chi connectivity index (χ4v) is 1.82. The third-order valence-corrected chi connectivity index (χ3v) is 2.78. The van der Waals surface area contributed by atoms with Crippen molar-refractivity contribution in [1.29, 1.82) is 0 Å². The van der Waals surface area contributed by atoms with Gasteiger partial charge in [0.2, 0.25) is 5.88 Å². The minimum atomic E-state index is -0.427. The first kappa shape index (κ1) is 15.8. The second-order valence-electron chi connectivity index (χ2n) is 4.35. The Labute approximate surface area is 128 Å². The molecule has 6 heteroatoms. The van der Waals surface area contributed by atoms with Crippen LogP contribution in [0.2, 0.25) is 0 Å². The molecule has 1 N–H and O–H groups in total. The normalized spacial score (nSPS) is 10.1. The van der Waals surface area contributed by atoms with Gasteiger partial charge in [-0.2, -0.15) is 0 Å². The average molecular weight is 304 g/mol. The van der Waals surface area contributed by atoms with Crippen molar-refractivity contribution in [2.75, 3.05) is 18.5 Å². The lowest BCUT2D eigenvalue weighted by Gasteiger charge is -2.11. The lowest BCUT2D eigenvalue weighted by atomic mass is 10.2. The van der Waals surface area contributed by atoms with Crippen LogP contribution in [0.5, 0.6) is 11.6 Å². The molecule has 1 aromatic heterocycles. The van der Waals surface area contributed by atoms with E-state index in [2.05, 4.69) is 10.3 Å². The maximum Gasteiger partial charge on any atom is 0.257 e. The van der Waals surface area contributed by atoms with Crippen LogP contribution in [0.25, 0.3) is 0 Å². The SMILES string of the molecule is CCOc1ccc(C(=O)Nc2ccc(F)cc2OCC)cn1. The van der Waals surface area contributed by atoms with Crippen LogP contribution in [0.3, 0.4) is 0 Å². The molecule has 0 aliphatic heterocycles. The van der Waals surface area contributed by atoms with Crippen molar-refractivity contribution in [1.82, 2.24) is 4.98 Å². The summed E-state index contributed by atoms with van der Waals surface area (Å²) in [6, 6.07) is 7.17. The first-order valence-corrected chi connectivity index (χ1v) is 6.96. The van der Waals surface area contributed by atoms with E-state index < -0.39 is 5.82 Å². The van der Waals surface area contributed by atoms with Gasteiger partial charge in [-0.25, -0.2) is 9.37 Å². The van der Waals surface area contributed by atoms with E-state index in [0.717, 1.165) is 0 Å². The zero-order valence-corrected chi connectivity index (χ0v) is 12.4. The monoisotopic (exact) mass is 304 g/mol. The molecule has 0 saturated carbocycles. The number of rotatable bonds is 6. The Hall–Kier alpha value is -2.63. The molecule has 2 aromatic rings. The number of ether oxygens (including phenoxy) is 2. The lowest BCUT2D eigenvalue weighted by Crippen LogP contribution is -2.13. The van der Waals surface area contributed by atoms with Gasteiger partial charge < -0.3 is 14.8 Å². The van der Waals surface area contributed by atoms with Gasteiger partial charge in [0.15, 0.2) is 0 Å². The third-order valence-electron chi connectivity index (χ3n) is 2.78. The first-order chi connectivity index (χ1) is 10.6. The van der Waals surface area contributed by atoms with Crippen LogP contribution in [0.1, 0.15) is 24.2 Å². The first-order valence-electron chi connectivity index (χ1n) is 6.96. The summed E-state index contributed by atoms with van der Waals surface area (Å²) in [5.74, 6) is -0.0436. The van der Waals surface area contributed by atoms with Gasteiger partial charge in [-0.3, -0.25) is 4.79 Å². The van der Waals surface area contributed by atoms with E-state index in [1.165, 1.54) is 24.4 Å². The largest absolute Gasteiger partial charge is 0.492 e. The minimum Gasteiger partial charge on any atom is -0.492 e. The minimum absolute atomic E-state index is 0.287. The number of anilines is 1. The Morgan fingerprint density at radius 2 is 1.95 bits per heavy atom. The molecule has 1 amide bonds. The van der Waals surface area contributed by atoms with Crippen molar-refractivity contribution in [2.24, 2.45) is 0 Å². The number of pyridine rings is 1. The maximum absolute atomic E-state index is 13.2. The topological polar surface area (TPSA) is 60.5 Å². The van der Waals surface area contributed by atoms with Gasteiger partial charge >= 0.3 is 0 Å². The highest BCUT2D eigenvalue weighted by Gasteiger charge is 2.11. The highest BCUT2D eigenvalue weighted by Crippen LogP contribution is 2.26. The lowest BCUT2D eigenvalue weighted by molar-refractivity contribution is 0.102. The van der Waals surface area contributed by atoms with Crippen LogP contribution in [0, 0.1) is 5.82 Å². The summed E-state index contributed by atoms with van der Waals surface area (Å²) in [6.07, 6.45) is 1.42. The van der Waals surface area contributed by atoms with Crippen LogP contribution in [-0.4, -0.2) is 24.1 Å². The molecule has 0 saturated heterocycles. The average Bonchev–Trinajstić information content (AvgIpc) is 2.51. The van der Waals surface area contributed by atoms with Crippen LogP contribution in [-0.2, 0) is 0 Å². The Kier molecular flexibility index (Phi) is 5.30. The fourth-order valence-electron chi connectivity index (χ4n) is 1.82. The molecule has 0 aliphatic rings. The van der Waals surface area contributed by atoms with E-state index in [-0.39, 0.29) is 11.7 Å². The number of aromatic nitrogens is 1. The number of nitrogens with one attached hydrogen (secondary N) is 1. The van der Waals surface area contributed by atoms with E-state index in [1.54, 1.807) is 19.1 Å². The smallest absolute Gasteiger partial charge is 0.257 e. The van der Waals surface area contributed by atoms with E-state index in [9.17, 15) is 9.18 Å². The quantitative estimate of drug-likeness (QED) is 0.889. The molecule has 5 nitrogen and oxygen atoms in total. The second kappa shape index (κ2) is 7.40. The summed E-state index contributed by atoms with van der Waals surface area (Å²) < 4.78 is 23.8. The van der Waals surface area contributed by atoms with E-state index >= 15 is 0 Å². The number of amides is 1. The molecule has 0 bridgehead atoms. The molecule has 0 aliphatic carbocycles. The number of nitrogens with zero attached hydrogens (tertiary/aromatic N) is 1. The van der Waals surface area contributed by atoms with Crippen LogP contribution < -0.4 is 14.8 Å². The molecule has 22 heavy (non-hydrogen) atoms. The van der Waals surface area contributed by atoms with Gasteiger partial charge in [0.1, 0.15) is 11.6 Å². The molecule has 1 aromatic carbocycles.